The molecule has 1 aromatic heterocycles. The highest BCUT2D eigenvalue weighted by molar-refractivity contribution is 8.00. The molecule has 0 fully saturated rings. The number of esters is 1. The smallest absolute Gasteiger partial charge is 0.319 e. The maximum absolute atomic E-state index is 12.2. The van der Waals surface area contributed by atoms with Gasteiger partial charge in [-0.15, -0.1) is 0 Å². The molecule has 6 nitrogen and oxygen atoms in total. The first-order chi connectivity index (χ1) is 12.5. The molecule has 7 heteroatoms. The van der Waals surface area contributed by atoms with Crippen molar-refractivity contribution in [3.63, 3.8) is 0 Å². The van der Waals surface area contributed by atoms with Crippen molar-refractivity contribution in [2.45, 2.75) is 23.8 Å². The minimum Gasteiger partial charge on any atom is -0.468 e. The average molecular weight is 369 g/mol. The second-order valence-corrected chi connectivity index (χ2v) is 7.12. The summed E-state index contributed by atoms with van der Waals surface area (Å²) in [6.07, 6.45) is 0.511. The monoisotopic (exact) mass is 369 g/mol. The van der Waals surface area contributed by atoms with Crippen LogP contribution in [-0.4, -0.2) is 34.2 Å². The maximum atomic E-state index is 12.2. The summed E-state index contributed by atoms with van der Waals surface area (Å²) in [5, 5.41) is 0.0801. The number of aromatic amines is 1. The van der Waals surface area contributed by atoms with Crippen molar-refractivity contribution < 1.29 is 14.3 Å². The van der Waals surface area contributed by atoms with Gasteiger partial charge in [0.1, 0.15) is 10.8 Å². The van der Waals surface area contributed by atoms with Crippen LogP contribution >= 0.6 is 11.8 Å². The third-order valence-corrected chi connectivity index (χ3v) is 5.08. The second kappa shape index (κ2) is 7.61. The first kappa shape index (κ1) is 18.0. The number of rotatable bonds is 6. The van der Waals surface area contributed by atoms with E-state index >= 15 is 0 Å². The number of nitrogens with two attached hydrogens (primary N) is 1. The number of aryl methyl sites for hydroxylation is 1. The Morgan fingerprint density at radius 2 is 1.96 bits per heavy atom. The fourth-order valence-electron chi connectivity index (χ4n) is 2.64. The molecule has 3 aromatic rings. The number of amides is 1. The summed E-state index contributed by atoms with van der Waals surface area (Å²) in [5.74, 6) is -0.867. The van der Waals surface area contributed by atoms with E-state index in [2.05, 4.69) is 9.97 Å². The minimum absolute atomic E-state index is 0.328. The number of ether oxygens (including phenoxy) is 1. The van der Waals surface area contributed by atoms with Crippen LogP contribution < -0.4 is 5.73 Å². The van der Waals surface area contributed by atoms with Gasteiger partial charge in [-0.05, 0) is 31.0 Å². The molecule has 0 saturated heterocycles. The zero-order valence-corrected chi connectivity index (χ0v) is 15.3. The van der Waals surface area contributed by atoms with Gasteiger partial charge in [-0.3, -0.25) is 9.59 Å². The van der Waals surface area contributed by atoms with Crippen molar-refractivity contribution in [3.8, 4) is 0 Å². The fraction of sp³-hybridized carbons (Fsp3) is 0.211. The summed E-state index contributed by atoms with van der Waals surface area (Å²) in [5.41, 5.74) is 9.14. The molecule has 0 saturated carbocycles. The Balaban J connectivity index is 1.88. The first-order valence-corrected chi connectivity index (χ1v) is 8.94. The molecular weight excluding hydrogens is 350 g/mol. The molecule has 0 spiro atoms. The molecule has 3 rings (SSSR count). The number of imidazole rings is 1. The normalized spacial score (nSPS) is 12.1. The molecule has 26 heavy (non-hydrogen) atoms. The molecule has 0 radical (unpaired) electrons. The number of fused-ring (bicyclic) bond motifs is 1. The van der Waals surface area contributed by atoms with Crippen molar-refractivity contribution in [2.24, 2.45) is 5.73 Å². The largest absolute Gasteiger partial charge is 0.468 e. The number of nitrogens with zero attached hydrogens (tertiary/aromatic N) is 1. The molecule has 1 heterocycles. The van der Waals surface area contributed by atoms with Crippen molar-refractivity contribution in [1.29, 1.82) is 0 Å². The van der Waals surface area contributed by atoms with E-state index in [-0.39, 0.29) is 5.97 Å². The summed E-state index contributed by atoms with van der Waals surface area (Å²) in [6.45, 7) is 2.01. The van der Waals surface area contributed by atoms with Gasteiger partial charge in [0.15, 0.2) is 5.16 Å². The Hall–Kier alpha value is -2.80. The molecule has 1 amide bonds. The molecule has 2 aromatic carbocycles. The van der Waals surface area contributed by atoms with Crippen LogP contribution in [0.15, 0.2) is 47.6 Å². The zero-order valence-electron chi connectivity index (χ0n) is 14.5. The highest BCUT2D eigenvalue weighted by Crippen LogP contribution is 2.28. The number of primary amides is 1. The zero-order chi connectivity index (χ0) is 18.7. The Kier molecular flexibility index (Phi) is 5.27. The van der Waals surface area contributed by atoms with E-state index in [9.17, 15) is 9.59 Å². The number of nitrogens with one attached hydrogen (secondary N) is 1. The summed E-state index contributed by atoms with van der Waals surface area (Å²) < 4.78 is 4.94. The highest BCUT2D eigenvalue weighted by Gasteiger charge is 2.23. The number of para-hydroxylation sites is 1. The van der Waals surface area contributed by atoms with Crippen LogP contribution in [0.5, 0.6) is 0 Å². The number of aromatic nitrogens is 2. The number of thioether (sulfide) groups is 1. The standard InChI is InChI=1S/C19H19N3O3S/c1-11-6-8-12(9-7-11)10-15(18(24)25-2)26-19-21-14-5-3-4-13(17(20)23)16(14)22-19/h3-9,15H,10H2,1-2H3,(H2,20,23)(H,21,22). The number of methoxy groups -OCH3 is 1. The van der Waals surface area contributed by atoms with Gasteiger partial charge >= 0.3 is 5.97 Å². The van der Waals surface area contributed by atoms with Gasteiger partial charge < -0.3 is 15.5 Å². The molecular formula is C19H19N3O3S. The molecule has 0 aliphatic carbocycles. The summed E-state index contributed by atoms with van der Waals surface area (Å²) >= 11 is 1.27. The van der Waals surface area contributed by atoms with E-state index < -0.39 is 11.2 Å². The predicted octanol–water partition coefficient (Wildman–Crippen LogP) is 2.85. The molecule has 1 atom stereocenters. The van der Waals surface area contributed by atoms with Crippen molar-refractivity contribution in [2.75, 3.05) is 7.11 Å². The maximum Gasteiger partial charge on any atom is 0.319 e. The number of hydrogen-bond donors (Lipinski definition) is 2. The van der Waals surface area contributed by atoms with Gasteiger partial charge in [0.2, 0.25) is 0 Å². The summed E-state index contributed by atoms with van der Waals surface area (Å²) in [4.78, 5) is 31.4. The second-order valence-electron chi connectivity index (χ2n) is 5.93. The van der Waals surface area contributed by atoms with E-state index in [0.717, 1.165) is 11.1 Å². The van der Waals surface area contributed by atoms with Crippen molar-refractivity contribution in [1.82, 2.24) is 9.97 Å². The van der Waals surface area contributed by atoms with Crippen molar-refractivity contribution >= 4 is 34.7 Å². The summed E-state index contributed by atoms with van der Waals surface area (Å²) in [7, 11) is 1.37. The number of hydrogen-bond acceptors (Lipinski definition) is 5. The van der Waals surface area contributed by atoms with Crippen LogP contribution in [0.25, 0.3) is 11.0 Å². The number of carbonyl (C=O) groups is 2. The van der Waals surface area contributed by atoms with Crippen LogP contribution in [0.3, 0.4) is 0 Å². The van der Waals surface area contributed by atoms with E-state index in [0.29, 0.717) is 28.2 Å². The number of carbonyl (C=O) groups excluding carboxylic acids is 2. The lowest BCUT2D eigenvalue weighted by atomic mass is 10.1. The van der Waals surface area contributed by atoms with E-state index in [1.165, 1.54) is 18.9 Å². The van der Waals surface area contributed by atoms with Gasteiger partial charge in [-0.2, -0.15) is 0 Å². The lowest BCUT2D eigenvalue weighted by Crippen LogP contribution is -2.21. The SMILES string of the molecule is COC(=O)C(Cc1ccc(C)cc1)Sc1nc2c(C(N)=O)cccc2[nH]1. The minimum atomic E-state index is -0.539. The Morgan fingerprint density at radius 3 is 2.62 bits per heavy atom. The molecule has 0 aliphatic heterocycles. The Morgan fingerprint density at radius 1 is 1.23 bits per heavy atom. The van der Waals surface area contributed by atoms with Gasteiger partial charge in [0.25, 0.3) is 5.91 Å². The van der Waals surface area contributed by atoms with Gasteiger partial charge in [0, 0.05) is 0 Å². The Labute approximate surface area is 155 Å². The molecule has 3 N–H and O–H groups in total. The van der Waals surface area contributed by atoms with E-state index in [1.807, 2.05) is 37.3 Å². The Bertz CT molecular complexity index is 950. The van der Waals surface area contributed by atoms with Gasteiger partial charge in [-0.1, -0.05) is 47.7 Å². The quantitative estimate of drug-likeness (QED) is 0.514. The molecule has 0 bridgehead atoms. The fourth-order valence-corrected chi connectivity index (χ4v) is 3.69. The van der Waals surface area contributed by atoms with Crippen LogP contribution in [0.2, 0.25) is 0 Å². The topological polar surface area (TPSA) is 98.1 Å². The van der Waals surface area contributed by atoms with E-state index in [4.69, 9.17) is 10.5 Å². The molecule has 134 valence electrons. The lowest BCUT2D eigenvalue weighted by Gasteiger charge is -2.13. The predicted molar refractivity (Wildman–Crippen MR) is 101 cm³/mol. The van der Waals surface area contributed by atoms with Crippen LogP contribution in [0, 0.1) is 6.92 Å². The first-order valence-electron chi connectivity index (χ1n) is 8.06. The van der Waals surface area contributed by atoms with Gasteiger partial charge in [0.05, 0.1) is 18.2 Å². The van der Waals surface area contributed by atoms with Crippen molar-refractivity contribution in [3.05, 3.63) is 59.2 Å². The van der Waals surface area contributed by atoms with Crippen LogP contribution in [-0.2, 0) is 16.0 Å². The van der Waals surface area contributed by atoms with E-state index in [1.54, 1.807) is 12.1 Å². The molecule has 0 aliphatic rings. The molecule has 1 unspecified atom stereocenters. The highest BCUT2D eigenvalue weighted by atomic mass is 32.2. The summed E-state index contributed by atoms with van der Waals surface area (Å²) in [6, 6.07) is 13.2. The lowest BCUT2D eigenvalue weighted by molar-refractivity contribution is -0.139. The average Bonchev–Trinajstić information content (AvgIpc) is 3.04. The number of H-pyrrole nitrogens is 1. The number of benzene rings is 2. The third-order valence-electron chi connectivity index (χ3n) is 4.02. The van der Waals surface area contributed by atoms with Crippen LogP contribution in [0.1, 0.15) is 21.5 Å². The van der Waals surface area contributed by atoms with Crippen LogP contribution in [0.4, 0.5) is 0 Å². The van der Waals surface area contributed by atoms with Gasteiger partial charge in [-0.25, -0.2) is 4.98 Å². The third kappa shape index (κ3) is 3.88.